The SMILES string of the molecule is c1ccc(-c2c3c(cc4c2Oc2cc(-c5ccccc5)c5c6ccccc6n6c5c2B4c2ccccc2-6)B2c4ccccc4-n4c5ccccc5c5c(-c6ccccc6)cc(c2c54)O3)cc1. The molecule has 0 amide bonds. The van der Waals surface area contributed by atoms with Gasteiger partial charge in [0.25, 0.3) is 13.4 Å². The van der Waals surface area contributed by atoms with Crippen LogP contribution in [0.5, 0.6) is 23.0 Å². The smallest absolute Gasteiger partial charge is 0.256 e. The van der Waals surface area contributed by atoms with Crippen LogP contribution in [-0.2, 0) is 0 Å². The van der Waals surface area contributed by atoms with Gasteiger partial charge < -0.3 is 18.6 Å². The van der Waals surface area contributed by atoms with Crippen LogP contribution in [0.15, 0.2) is 206 Å². The Labute approximate surface area is 380 Å². The Morgan fingerprint density at radius 3 is 1.21 bits per heavy atom. The lowest BCUT2D eigenvalue weighted by Gasteiger charge is -2.38. The lowest BCUT2D eigenvalue weighted by Crippen LogP contribution is -2.62. The van der Waals surface area contributed by atoms with Gasteiger partial charge >= 0.3 is 0 Å². The number of benzene rings is 10. The van der Waals surface area contributed by atoms with E-state index in [9.17, 15) is 0 Å². The minimum Gasteiger partial charge on any atom is -0.458 e. The molecule has 0 radical (unpaired) electrons. The van der Waals surface area contributed by atoms with Crippen LogP contribution in [0.1, 0.15) is 0 Å². The first-order chi connectivity index (χ1) is 32.8. The maximum atomic E-state index is 7.61. The molecular formula is C60H34B2N2O2. The second-order valence-corrected chi connectivity index (χ2v) is 18.2. The Balaban J connectivity index is 1.06. The quantitative estimate of drug-likeness (QED) is 0.166. The molecule has 6 heterocycles. The number of hydrogen-bond donors (Lipinski definition) is 0. The zero-order valence-electron chi connectivity index (χ0n) is 35.5. The largest absolute Gasteiger partial charge is 0.458 e. The highest BCUT2D eigenvalue weighted by Crippen LogP contribution is 2.50. The van der Waals surface area contributed by atoms with Crippen LogP contribution in [0.3, 0.4) is 0 Å². The molecule has 4 nitrogen and oxygen atoms in total. The molecule has 0 atom stereocenters. The molecule has 0 saturated heterocycles. The van der Waals surface area contributed by atoms with Gasteiger partial charge in [0.1, 0.15) is 23.0 Å². The number of hydrogen-bond acceptors (Lipinski definition) is 2. The van der Waals surface area contributed by atoms with Gasteiger partial charge in [0.05, 0.1) is 27.6 Å². The molecule has 4 aliphatic heterocycles. The highest BCUT2D eigenvalue weighted by atomic mass is 16.5. The third-order valence-corrected chi connectivity index (χ3v) is 15.0. The minimum absolute atomic E-state index is 0.107. The van der Waals surface area contributed by atoms with Gasteiger partial charge in [-0.1, -0.05) is 170 Å². The van der Waals surface area contributed by atoms with Crippen LogP contribution in [0.25, 0.3) is 88.4 Å². The number of aromatic nitrogens is 2. The molecule has 0 N–H and O–H groups in total. The van der Waals surface area contributed by atoms with E-state index in [-0.39, 0.29) is 13.4 Å². The molecule has 12 aromatic rings. The molecule has 0 spiro atoms. The summed E-state index contributed by atoms with van der Waals surface area (Å²) in [5.74, 6) is 3.46. The number of fused-ring (bicyclic) bond motifs is 16. The summed E-state index contributed by atoms with van der Waals surface area (Å²) in [5.41, 5.74) is 21.2. The molecular weight excluding hydrogens is 802 g/mol. The molecule has 6 heteroatoms. The van der Waals surface area contributed by atoms with Gasteiger partial charge in [-0.05, 0) is 97.0 Å². The van der Waals surface area contributed by atoms with E-state index in [1.807, 2.05) is 0 Å². The summed E-state index contributed by atoms with van der Waals surface area (Å²) in [4.78, 5) is 0. The second-order valence-electron chi connectivity index (χ2n) is 18.2. The first kappa shape index (κ1) is 34.9. The summed E-state index contributed by atoms with van der Waals surface area (Å²) in [5, 5.41) is 4.99. The summed E-state index contributed by atoms with van der Waals surface area (Å²) < 4.78 is 20.2. The van der Waals surface area contributed by atoms with Crippen LogP contribution in [0.4, 0.5) is 0 Å². The molecule has 0 fully saturated rings. The van der Waals surface area contributed by atoms with Gasteiger partial charge in [0.2, 0.25) is 0 Å². The Bertz CT molecular complexity index is 3870. The number of nitrogens with zero attached hydrogens (tertiary/aromatic N) is 2. The Morgan fingerprint density at radius 2 is 0.742 bits per heavy atom. The third-order valence-electron chi connectivity index (χ3n) is 15.0. The second kappa shape index (κ2) is 12.6. The fourth-order valence-corrected chi connectivity index (χ4v) is 12.5. The summed E-state index contributed by atoms with van der Waals surface area (Å²) in [6.07, 6.45) is 0. The Hall–Kier alpha value is -8.47. The van der Waals surface area contributed by atoms with Crippen LogP contribution in [0, 0.1) is 0 Å². The van der Waals surface area contributed by atoms with Crippen molar-refractivity contribution in [1.82, 2.24) is 9.13 Å². The summed E-state index contributed by atoms with van der Waals surface area (Å²) in [6, 6.07) is 75.3. The molecule has 10 aromatic carbocycles. The molecule has 66 heavy (non-hydrogen) atoms. The fraction of sp³-hybridized carbons (Fsp3) is 0. The zero-order valence-corrected chi connectivity index (χ0v) is 35.5. The van der Waals surface area contributed by atoms with Gasteiger partial charge in [-0.15, -0.1) is 0 Å². The van der Waals surface area contributed by atoms with Crippen molar-refractivity contribution < 1.29 is 9.47 Å². The number of ether oxygens (including phenoxy) is 2. The predicted molar refractivity (Wildman–Crippen MR) is 274 cm³/mol. The zero-order chi connectivity index (χ0) is 42.8. The van der Waals surface area contributed by atoms with Gasteiger partial charge in [-0.2, -0.15) is 0 Å². The van der Waals surface area contributed by atoms with Crippen molar-refractivity contribution in [2.45, 2.75) is 0 Å². The third kappa shape index (κ3) is 4.32. The lowest BCUT2D eigenvalue weighted by molar-refractivity contribution is 0.469. The van der Waals surface area contributed by atoms with Crippen LogP contribution >= 0.6 is 0 Å². The highest BCUT2D eigenvalue weighted by Gasteiger charge is 2.47. The van der Waals surface area contributed by atoms with E-state index < -0.39 is 0 Å². The van der Waals surface area contributed by atoms with E-state index in [4.69, 9.17) is 9.47 Å². The van der Waals surface area contributed by atoms with Crippen LogP contribution in [-0.4, -0.2) is 22.6 Å². The molecule has 0 saturated carbocycles. The molecule has 4 aliphatic rings. The molecule has 302 valence electrons. The molecule has 16 rings (SSSR count). The van der Waals surface area contributed by atoms with Gasteiger partial charge in [-0.25, -0.2) is 0 Å². The lowest BCUT2D eigenvalue weighted by atomic mass is 9.31. The normalized spacial score (nSPS) is 13.3. The monoisotopic (exact) mass is 836 g/mol. The standard InChI is InChI=1S/C60H34B2N2O2/c1-4-18-35(19-5-1)40-32-50-55-57-53(40)38-24-10-14-28-46(38)63(57)48-30-16-12-26-42(48)61(55)44-34-45-60(52(59(44)65-50)37-22-8-3-9-23-37)66-51-33-41(36-20-6-2-7-21-36)54-39-25-11-15-29-47(39)64-49-31-17-13-27-43(49)62(45)56(51)58(54)64/h1-34H. The van der Waals surface area contributed by atoms with Gasteiger partial charge in [0.15, 0.2) is 0 Å². The van der Waals surface area contributed by atoms with Crippen molar-refractivity contribution in [1.29, 1.82) is 0 Å². The van der Waals surface area contributed by atoms with Crippen molar-refractivity contribution in [3.05, 3.63) is 206 Å². The van der Waals surface area contributed by atoms with E-state index >= 15 is 0 Å². The first-order valence-electron chi connectivity index (χ1n) is 22.9. The average molecular weight is 837 g/mol. The van der Waals surface area contributed by atoms with Crippen molar-refractivity contribution in [2.75, 3.05) is 0 Å². The minimum atomic E-state index is -0.107. The number of rotatable bonds is 3. The van der Waals surface area contributed by atoms with Crippen molar-refractivity contribution in [3.63, 3.8) is 0 Å². The van der Waals surface area contributed by atoms with Crippen molar-refractivity contribution in [2.24, 2.45) is 0 Å². The topological polar surface area (TPSA) is 28.3 Å². The van der Waals surface area contributed by atoms with E-state index in [1.54, 1.807) is 0 Å². The summed E-state index contributed by atoms with van der Waals surface area (Å²) in [7, 11) is 0. The first-order valence-corrected chi connectivity index (χ1v) is 22.9. The molecule has 0 bridgehead atoms. The maximum Gasteiger partial charge on any atom is 0.256 e. The van der Waals surface area contributed by atoms with E-state index in [0.717, 1.165) is 67.3 Å². The van der Waals surface area contributed by atoms with Crippen molar-refractivity contribution >= 4 is 89.8 Å². The number of para-hydroxylation sites is 4. The molecule has 0 aliphatic carbocycles. The highest BCUT2D eigenvalue weighted by molar-refractivity contribution is 7.02. The Morgan fingerprint density at radius 1 is 0.348 bits per heavy atom. The van der Waals surface area contributed by atoms with Crippen molar-refractivity contribution in [3.8, 4) is 67.8 Å². The molecule has 2 aromatic heterocycles. The summed E-state index contributed by atoms with van der Waals surface area (Å²) in [6.45, 7) is -0.215. The molecule has 0 unspecified atom stereocenters. The predicted octanol–water partition coefficient (Wildman–Crippen LogP) is 10.8. The van der Waals surface area contributed by atoms with Gasteiger partial charge in [-0.3, -0.25) is 0 Å². The average Bonchev–Trinajstić information content (AvgIpc) is 3.92. The fourth-order valence-electron chi connectivity index (χ4n) is 12.5. The van der Waals surface area contributed by atoms with E-state index in [2.05, 4.69) is 215 Å². The van der Waals surface area contributed by atoms with E-state index in [1.165, 1.54) is 76.8 Å². The summed E-state index contributed by atoms with van der Waals surface area (Å²) >= 11 is 0. The Kier molecular flexibility index (Phi) is 6.68. The van der Waals surface area contributed by atoms with E-state index in [0.29, 0.717) is 0 Å². The van der Waals surface area contributed by atoms with Crippen LogP contribution in [0.2, 0.25) is 0 Å². The van der Waals surface area contributed by atoms with Gasteiger partial charge in [0, 0.05) is 32.9 Å². The van der Waals surface area contributed by atoms with Crippen LogP contribution < -0.4 is 42.3 Å². The maximum absolute atomic E-state index is 7.61.